The van der Waals surface area contributed by atoms with E-state index in [1.807, 2.05) is 13.0 Å². The molecule has 4 heteroatoms. The van der Waals surface area contributed by atoms with Gasteiger partial charge in [-0.2, -0.15) is 0 Å². The second kappa shape index (κ2) is 6.35. The first-order valence-corrected chi connectivity index (χ1v) is 7.58. The summed E-state index contributed by atoms with van der Waals surface area (Å²) in [6, 6.07) is 4.12. The molecule has 19 heavy (non-hydrogen) atoms. The smallest absolute Gasteiger partial charge is 0.107 e. The Morgan fingerprint density at radius 3 is 2.74 bits per heavy atom. The van der Waals surface area contributed by atoms with Crippen LogP contribution in [0.2, 0.25) is 0 Å². The molecule has 0 saturated carbocycles. The second-order valence-corrected chi connectivity index (χ2v) is 6.30. The Kier molecular flexibility index (Phi) is 4.77. The van der Waals surface area contributed by atoms with Gasteiger partial charge in [0.2, 0.25) is 0 Å². The molecule has 0 bridgehead atoms. The molecule has 2 aromatic rings. The van der Waals surface area contributed by atoms with Crippen LogP contribution in [0.5, 0.6) is 0 Å². The SMILES string of the molecule is Cc1ccc([C@@H](C)CCN(C)Cc2csc(C)n2)o1. The lowest BCUT2D eigenvalue weighted by atomic mass is 10.1. The summed E-state index contributed by atoms with van der Waals surface area (Å²) in [6.45, 7) is 8.24. The molecule has 2 aromatic heterocycles. The largest absolute Gasteiger partial charge is 0.466 e. The summed E-state index contributed by atoms with van der Waals surface area (Å²) in [5.41, 5.74) is 1.17. The third kappa shape index (κ3) is 4.18. The second-order valence-electron chi connectivity index (χ2n) is 5.23. The maximum atomic E-state index is 5.67. The highest BCUT2D eigenvalue weighted by molar-refractivity contribution is 7.09. The Balaban J connectivity index is 1.78. The fourth-order valence-corrected chi connectivity index (χ4v) is 2.71. The van der Waals surface area contributed by atoms with Crippen molar-refractivity contribution in [3.05, 3.63) is 39.7 Å². The van der Waals surface area contributed by atoms with Crippen molar-refractivity contribution in [2.24, 2.45) is 0 Å². The van der Waals surface area contributed by atoms with Gasteiger partial charge in [-0.3, -0.25) is 0 Å². The first kappa shape index (κ1) is 14.3. The van der Waals surface area contributed by atoms with E-state index in [2.05, 4.69) is 42.2 Å². The van der Waals surface area contributed by atoms with Crippen molar-refractivity contribution in [3.63, 3.8) is 0 Å². The van der Waals surface area contributed by atoms with Crippen LogP contribution in [0.15, 0.2) is 21.9 Å². The molecule has 0 saturated heterocycles. The van der Waals surface area contributed by atoms with E-state index in [9.17, 15) is 0 Å². The van der Waals surface area contributed by atoms with Crippen LogP contribution >= 0.6 is 11.3 Å². The van der Waals surface area contributed by atoms with E-state index in [1.165, 1.54) is 5.69 Å². The fourth-order valence-electron chi connectivity index (χ4n) is 2.11. The highest BCUT2D eigenvalue weighted by atomic mass is 32.1. The molecule has 104 valence electrons. The lowest BCUT2D eigenvalue weighted by Gasteiger charge is -2.17. The molecular weight excluding hydrogens is 256 g/mol. The van der Waals surface area contributed by atoms with Crippen molar-refractivity contribution in [1.82, 2.24) is 9.88 Å². The van der Waals surface area contributed by atoms with Gasteiger partial charge in [0, 0.05) is 17.8 Å². The van der Waals surface area contributed by atoms with Gasteiger partial charge in [-0.1, -0.05) is 6.92 Å². The molecular formula is C15H22N2OS. The lowest BCUT2D eigenvalue weighted by Crippen LogP contribution is -2.20. The van der Waals surface area contributed by atoms with Crippen LogP contribution in [0.3, 0.4) is 0 Å². The Morgan fingerprint density at radius 1 is 1.37 bits per heavy atom. The van der Waals surface area contributed by atoms with Crippen LogP contribution < -0.4 is 0 Å². The molecule has 0 aliphatic heterocycles. The maximum absolute atomic E-state index is 5.67. The van der Waals surface area contributed by atoms with E-state index >= 15 is 0 Å². The summed E-state index contributed by atoms with van der Waals surface area (Å²) in [7, 11) is 2.15. The number of thiazole rings is 1. The van der Waals surface area contributed by atoms with E-state index in [4.69, 9.17) is 4.42 Å². The average Bonchev–Trinajstić information content (AvgIpc) is 2.95. The van der Waals surface area contributed by atoms with Crippen molar-refractivity contribution < 1.29 is 4.42 Å². The number of rotatable bonds is 6. The summed E-state index contributed by atoms with van der Waals surface area (Å²) >= 11 is 1.72. The van der Waals surface area contributed by atoms with Crippen LogP contribution in [0.1, 0.15) is 41.5 Å². The molecule has 3 nitrogen and oxygen atoms in total. The minimum Gasteiger partial charge on any atom is -0.466 e. The fraction of sp³-hybridized carbons (Fsp3) is 0.533. The standard InChI is InChI=1S/C15H22N2OS/c1-11(15-6-5-12(2)18-15)7-8-17(4)9-14-10-19-13(3)16-14/h5-6,10-11H,7-9H2,1-4H3/t11-/m0/s1. The molecule has 0 aliphatic rings. The third-order valence-corrected chi connectivity index (χ3v) is 4.11. The first-order chi connectivity index (χ1) is 9.04. The number of furan rings is 1. The summed E-state index contributed by atoms with van der Waals surface area (Å²) < 4.78 is 5.67. The molecule has 1 atom stereocenters. The number of hydrogen-bond donors (Lipinski definition) is 0. The highest BCUT2D eigenvalue weighted by Gasteiger charge is 2.11. The van der Waals surface area contributed by atoms with Gasteiger partial charge in [0.1, 0.15) is 11.5 Å². The monoisotopic (exact) mass is 278 g/mol. The van der Waals surface area contributed by atoms with Gasteiger partial charge in [0.15, 0.2) is 0 Å². The summed E-state index contributed by atoms with van der Waals surface area (Å²) in [4.78, 5) is 6.82. The van der Waals surface area contributed by atoms with Crippen molar-refractivity contribution in [2.45, 2.75) is 39.7 Å². The zero-order valence-electron chi connectivity index (χ0n) is 12.1. The minimum absolute atomic E-state index is 0.466. The van der Waals surface area contributed by atoms with E-state index in [0.717, 1.165) is 36.0 Å². The van der Waals surface area contributed by atoms with Crippen molar-refractivity contribution in [1.29, 1.82) is 0 Å². The van der Waals surface area contributed by atoms with Crippen LogP contribution in [0.4, 0.5) is 0 Å². The van der Waals surface area contributed by atoms with E-state index in [1.54, 1.807) is 11.3 Å². The van der Waals surface area contributed by atoms with Crippen LogP contribution in [-0.2, 0) is 6.54 Å². The quantitative estimate of drug-likeness (QED) is 0.800. The molecule has 2 rings (SSSR count). The zero-order valence-corrected chi connectivity index (χ0v) is 13.0. The summed E-state index contributed by atoms with van der Waals surface area (Å²) in [6.07, 6.45) is 1.10. The Labute approximate surface area is 119 Å². The molecule has 0 aliphatic carbocycles. The van der Waals surface area contributed by atoms with Gasteiger partial charge in [0.05, 0.1) is 10.7 Å². The Bertz CT molecular complexity index is 518. The number of aromatic nitrogens is 1. The topological polar surface area (TPSA) is 29.3 Å². The molecule has 0 radical (unpaired) electrons. The van der Waals surface area contributed by atoms with Gasteiger partial charge < -0.3 is 9.32 Å². The van der Waals surface area contributed by atoms with Crippen molar-refractivity contribution >= 4 is 11.3 Å². The normalized spacial score (nSPS) is 13.1. The Morgan fingerprint density at radius 2 is 2.16 bits per heavy atom. The maximum Gasteiger partial charge on any atom is 0.107 e. The molecule has 2 heterocycles. The van der Waals surface area contributed by atoms with Gasteiger partial charge in [-0.05, 0) is 46.0 Å². The van der Waals surface area contributed by atoms with Gasteiger partial charge in [-0.15, -0.1) is 11.3 Å². The number of hydrogen-bond acceptors (Lipinski definition) is 4. The highest BCUT2D eigenvalue weighted by Crippen LogP contribution is 2.21. The Hall–Kier alpha value is -1.13. The van der Waals surface area contributed by atoms with E-state index in [-0.39, 0.29) is 0 Å². The average molecular weight is 278 g/mol. The molecule has 0 N–H and O–H groups in total. The van der Waals surface area contributed by atoms with Gasteiger partial charge in [0.25, 0.3) is 0 Å². The van der Waals surface area contributed by atoms with Crippen LogP contribution in [-0.4, -0.2) is 23.5 Å². The molecule has 0 fully saturated rings. The zero-order chi connectivity index (χ0) is 13.8. The molecule has 0 spiro atoms. The molecule has 0 aromatic carbocycles. The predicted molar refractivity (Wildman–Crippen MR) is 79.7 cm³/mol. The predicted octanol–water partition coefficient (Wildman–Crippen LogP) is 3.98. The summed E-state index contributed by atoms with van der Waals surface area (Å²) in [5, 5.41) is 3.29. The van der Waals surface area contributed by atoms with Crippen molar-refractivity contribution in [2.75, 3.05) is 13.6 Å². The number of aryl methyl sites for hydroxylation is 2. The van der Waals surface area contributed by atoms with Gasteiger partial charge >= 0.3 is 0 Å². The number of nitrogens with zero attached hydrogens (tertiary/aromatic N) is 2. The van der Waals surface area contributed by atoms with Crippen LogP contribution in [0.25, 0.3) is 0 Å². The van der Waals surface area contributed by atoms with Gasteiger partial charge in [-0.25, -0.2) is 4.98 Å². The minimum atomic E-state index is 0.466. The molecule has 0 amide bonds. The third-order valence-electron chi connectivity index (χ3n) is 3.29. The summed E-state index contributed by atoms with van der Waals surface area (Å²) in [5.74, 6) is 2.55. The molecule has 0 unspecified atom stereocenters. The van der Waals surface area contributed by atoms with Crippen molar-refractivity contribution in [3.8, 4) is 0 Å². The van der Waals surface area contributed by atoms with Crippen LogP contribution in [0, 0.1) is 13.8 Å². The first-order valence-electron chi connectivity index (χ1n) is 6.70. The van der Waals surface area contributed by atoms with E-state index in [0.29, 0.717) is 5.92 Å². The van der Waals surface area contributed by atoms with E-state index < -0.39 is 0 Å². The lowest BCUT2D eigenvalue weighted by molar-refractivity contribution is 0.302.